The number of nitrogens with two attached hydrogens (primary N) is 1. The average molecular weight is 490 g/mol. The van der Waals surface area contributed by atoms with Gasteiger partial charge >= 0.3 is 0 Å². The molecule has 3 aromatic rings. The van der Waals surface area contributed by atoms with Crippen LogP contribution in [0.2, 0.25) is 5.02 Å². The number of primary sulfonamides is 1. The monoisotopic (exact) mass is 489 g/mol. The van der Waals surface area contributed by atoms with Crippen LogP contribution in [-0.2, 0) is 16.6 Å². The number of sulfonamides is 1. The second kappa shape index (κ2) is 9.48. The first-order chi connectivity index (χ1) is 15.3. The first kappa shape index (κ1) is 22.6. The molecule has 1 saturated heterocycles. The third-order valence-corrected chi connectivity index (χ3v) is 7.54. The lowest BCUT2D eigenvalue weighted by Gasteiger charge is -2.30. The van der Waals surface area contributed by atoms with Crippen LogP contribution in [-0.4, -0.2) is 46.6 Å². The number of thiazole rings is 1. The molecule has 0 atom stereocenters. The van der Waals surface area contributed by atoms with E-state index in [4.69, 9.17) is 16.7 Å². The first-order valence-corrected chi connectivity index (χ1v) is 12.7. The van der Waals surface area contributed by atoms with E-state index < -0.39 is 15.3 Å². The molecule has 0 amide bonds. The topological polar surface area (TPSA) is 138 Å². The maximum absolute atomic E-state index is 11.6. The van der Waals surface area contributed by atoms with Crippen molar-refractivity contribution in [3.05, 3.63) is 51.4 Å². The van der Waals surface area contributed by atoms with Gasteiger partial charge in [-0.3, -0.25) is 4.90 Å². The molecule has 0 radical (unpaired) electrons. The number of rotatable bonds is 6. The molecule has 166 valence electrons. The second-order valence-corrected chi connectivity index (χ2v) is 10.6. The Morgan fingerprint density at radius 1 is 1.28 bits per heavy atom. The summed E-state index contributed by atoms with van der Waals surface area (Å²) >= 11 is 7.59. The highest BCUT2D eigenvalue weighted by atomic mass is 35.5. The molecule has 4 rings (SSSR count). The minimum Gasteiger partial charge on any atom is -0.324 e. The van der Waals surface area contributed by atoms with Crippen LogP contribution in [0, 0.1) is 11.3 Å². The fourth-order valence-corrected chi connectivity index (χ4v) is 5.37. The van der Waals surface area contributed by atoms with Crippen molar-refractivity contribution in [2.75, 3.05) is 18.4 Å². The van der Waals surface area contributed by atoms with Crippen LogP contribution in [0.5, 0.6) is 0 Å². The van der Waals surface area contributed by atoms with E-state index in [1.54, 1.807) is 23.8 Å². The van der Waals surface area contributed by atoms with Crippen molar-refractivity contribution in [2.24, 2.45) is 5.14 Å². The van der Waals surface area contributed by atoms with Gasteiger partial charge in [0.05, 0.1) is 16.5 Å². The maximum atomic E-state index is 11.6. The molecular formula is C20H20ClN7O2S2. The Morgan fingerprint density at radius 2 is 2.06 bits per heavy atom. The molecule has 1 aliphatic rings. The zero-order valence-electron chi connectivity index (χ0n) is 16.9. The molecule has 32 heavy (non-hydrogen) atoms. The smallest absolute Gasteiger partial charge is 0.227 e. The van der Waals surface area contributed by atoms with Gasteiger partial charge in [0.15, 0.2) is 0 Å². The van der Waals surface area contributed by atoms with Crippen molar-refractivity contribution < 1.29 is 8.42 Å². The fourth-order valence-electron chi connectivity index (χ4n) is 3.66. The molecule has 1 fully saturated rings. The number of hydrogen-bond donors (Lipinski definition) is 2. The molecule has 0 saturated carbocycles. The van der Waals surface area contributed by atoms with Gasteiger partial charge in [-0.05, 0) is 55.8 Å². The number of benzene rings is 1. The summed E-state index contributed by atoms with van der Waals surface area (Å²) < 4.78 is 23.1. The van der Waals surface area contributed by atoms with Crippen molar-refractivity contribution in [3.8, 4) is 17.5 Å². The quantitative estimate of drug-likeness (QED) is 0.538. The summed E-state index contributed by atoms with van der Waals surface area (Å²) in [5.41, 5.74) is 4.40. The van der Waals surface area contributed by atoms with E-state index in [1.165, 1.54) is 11.3 Å². The predicted octanol–water partition coefficient (Wildman–Crippen LogP) is 3.12. The standard InChI is InChI=1S/C20H20ClN7O2S2/c21-14-7-13(11-28-5-2-16(3-6-28)32(23,29)30)8-15(9-14)26-20-24-4-1-17(27-20)19-18(10-22)31-12-25-19/h1,4,7-9,12,16H,2-3,5-6,11H2,(H2,23,29,30)(H,24,26,27). The molecule has 2 aromatic heterocycles. The van der Waals surface area contributed by atoms with Gasteiger partial charge in [0.1, 0.15) is 16.6 Å². The number of aromatic nitrogens is 3. The zero-order chi connectivity index (χ0) is 22.7. The molecule has 1 aliphatic heterocycles. The van der Waals surface area contributed by atoms with Crippen molar-refractivity contribution in [2.45, 2.75) is 24.6 Å². The molecule has 0 bridgehead atoms. The van der Waals surface area contributed by atoms with Crippen LogP contribution in [0.25, 0.3) is 11.4 Å². The molecule has 12 heteroatoms. The molecule has 0 spiro atoms. The van der Waals surface area contributed by atoms with Gasteiger partial charge in [-0.25, -0.2) is 28.5 Å². The molecule has 1 aromatic carbocycles. The van der Waals surface area contributed by atoms with Gasteiger partial charge < -0.3 is 5.32 Å². The maximum Gasteiger partial charge on any atom is 0.227 e. The van der Waals surface area contributed by atoms with E-state index in [1.807, 2.05) is 12.1 Å². The van der Waals surface area contributed by atoms with E-state index >= 15 is 0 Å². The summed E-state index contributed by atoms with van der Waals surface area (Å²) in [6, 6.07) is 9.44. The van der Waals surface area contributed by atoms with Crippen molar-refractivity contribution >= 4 is 44.6 Å². The Bertz CT molecular complexity index is 1260. The Balaban J connectivity index is 1.47. The van der Waals surface area contributed by atoms with E-state index in [2.05, 4.69) is 31.2 Å². The highest BCUT2D eigenvalue weighted by Gasteiger charge is 2.27. The van der Waals surface area contributed by atoms with Crippen LogP contribution in [0.15, 0.2) is 36.0 Å². The van der Waals surface area contributed by atoms with Crippen LogP contribution >= 0.6 is 22.9 Å². The van der Waals surface area contributed by atoms with Gasteiger partial charge in [-0.2, -0.15) is 5.26 Å². The lowest BCUT2D eigenvalue weighted by Crippen LogP contribution is -2.41. The Morgan fingerprint density at radius 3 is 2.78 bits per heavy atom. The highest BCUT2D eigenvalue weighted by Crippen LogP contribution is 2.26. The van der Waals surface area contributed by atoms with Gasteiger partial charge in [0, 0.05) is 23.5 Å². The number of likely N-dealkylation sites (tertiary alicyclic amines) is 1. The summed E-state index contributed by atoms with van der Waals surface area (Å²) in [5, 5.41) is 17.8. The number of hydrogen-bond acceptors (Lipinski definition) is 9. The number of anilines is 2. The third-order valence-electron chi connectivity index (χ3n) is 5.19. The predicted molar refractivity (Wildman–Crippen MR) is 124 cm³/mol. The summed E-state index contributed by atoms with van der Waals surface area (Å²) in [4.78, 5) is 15.6. The SMILES string of the molecule is N#Cc1scnc1-c1ccnc(Nc2cc(Cl)cc(CN3CCC(S(N)(=O)=O)CC3)c2)n1. The Hall–Kier alpha value is -2.62. The van der Waals surface area contributed by atoms with Gasteiger partial charge in [-0.15, -0.1) is 11.3 Å². The largest absolute Gasteiger partial charge is 0.324 e. The lowest BCUT2D eigenvalue weighted by atomic mass is 10.1. The number of halogens is 1. The van der Waals surface area contributed by atoms with Crippen molar-refractivity contribution in [1.82, 2.24) is 19.9 Å². The van der Waals surface area contributed by atoms with Crippen LogP contribution in [0.4, 0.5) is 11.6 Å². The van der Waals surface area contributed by atoms with E-state index in [-0.39, 0.29) is 0 Å². The van der Waals surface area contributed by atoms with Crippen LogP contribution in [0.1, 0.15) is 23.3 Å². The molecule has 0 aliphatic carbocycles. The Kier molecular flexibility index (Phi) is 6.68. The van der Waals surface area contributed by atoms with Crippen molar-refractivity contribution in [3.63, 3.8) is 0 Å². The van der Waals surface area contributed by atoms with Crippen LogP contribution in [0.3, 0.4) is 0 Å². The summed E-state index contributed by atoms with van der Waals surface area (Å²) in [7, 11) is -3.49. The molecule has 9 nitrogen and oxygen atoms in total. The second-order valence-electron chi connectivity index (χ2n) is 7.45. The lowest BCUT2D eigenvalue weighted by molar-refractivity contribution is 0.222. The fraction of sp³-hybridized carbons (Fsp3) is 0.300. The van der Waals surface area contributed by atoms with Gasteiger partial charge in [0.2, 0.25) is 16.0 Å². The van der Waals surface area contributed by atoms with E-state index in [0.29, 0.717) is 59.7 Å². The molecule has 3 heterocycles. The summed E-state index contributed by atoms with van der Waals surface area (Å²) in [6.45, 7) is 1.94. The van der Waals surface area contributed by atoms with Crippen LogP contribution < -0.4 is 10.5 Å². The number of nitriles is 1. The summed E-state index contributed by atoms with van der Waals surface area (Å²) in [5.74, 6) is 0.363. The number of nitrogens with zero attached hydrogens (tertiary/aromatic N) is 5. The zero-order valence-corrected chi connectivity index (χ0v) is 19.3. The number of piperidine rings is 1. The molecule has 0 unspecified atom stereocenters. The summed E-state index contributed by atoms with van der Waals surface area (Å²) in [6.07, 6.45) is 2.64. The Labute approximate surface area is 194 Å². The first-order valence-electron chi connectivity index (χ1n) is 9.79. The average Bonchev–Trinajstić information content (AvgIpc) is 3.22. The van der Waals surface area contributed by atoms with Crippen molar-refractivity contribution in [1.29, 1.82) is 5.26 Å². The normalized spacial score (nSPS) is 15.4. The minimum absolute atomic E-state index is 0.363. The van der Waals surface area contributed by atoms with Gasteiger partial charge in [0.25, 0.3) is 0 Å². The van der Waals surface area contributed by atoms with E-state index in [9.17, 15) is 13.7 Å². The minimum atomic E-state index is -3.49. The van der Waals surface area contributed by atoms with Gasteiger partial charge in [-0.1, -0.05) is 11.6 Å². The third kappa shape index (κ3) is 5.40. The van der Waals surface area contributed by atoms with E-state index in [0.717, 1.165) is 11.3 Å². The molecule has 3 N–H and O–H groups in total. The molecular weight excluding hydrogens is 470 g/mol. The highest BCUT2D eigenvalue weighted by molar-refractivity contribution is 7.89. The number of nitrogens with one attached hydrogen (secondary N) is 1.